The van der Waals surface area contributed by atoms with Gasteiger partial charge in [-0.2, -0.15) is 0 Å². The van der Waals surface area contributed by atoms with Crippen molar-refractivity contribution >= 4 is 24.9 Å². The average Bonchev–Trinajstić information content (AvgIpc) is 2.89. The molecule has 1 heterocycles. The second kappa shape index (κ2) is 9.98. The fourth-order valence-electron chi connectivity index (χ4n) is 4.55. The van der Waals surface area contributed by atoms with E-state index in [1.165, 1.54) is 77.0 Å². The fraction of sp³-hybridized carbons (Fsp3) is 0.870. The van der Waals surface area contributed by atoms with Crippen LogP contribution in [0.1, 0.15) is 110 Å². The monoisotopic (exact) mass is 466 g/mol. The third-order valence-electron chi connectivity index (χ3n) is 6.38. The van der Waals surface area contributed by atoms with E-state index in [0.29, 0.717) is 8.85 Å². The van der Waals surface area contributed by atoms with Gasteiger partial charge >= 0.3 is 173 Å². The molecule has 0 unspecified atom stereocenters. The first-order valence-electron chi connectivity index (χ1n) is 11.2. The number of fused-ring (bicyclic) bond motifs is 1. The van der Waals surface area contributed by atoms with Crippen LogP contribution in [0, 0.1) is 5.41 Å². The van der Waals surface area contributed by atoms with Gasteiger partial charge in [0, 0.05) is 0 Å². The van der Waals surface area contributed by atoms with Crippen molar-refractivity contribution in [2.24, 2.45) is 12.5 Å². The van der Waals surface area contributed by atoms with Gasteiger partial charge < -0.3 is 0 Å². The van der Waals surface area contributed by atoms with Gasteiger partial charge in [-0.1, -0.05) is 0 Å². The Morgan fingerprint density at radius 1 is 1.00 bits per heavy atom. The maximum atomic E-state index is 5.16. The SMILES string of the molecule is CCCC[C](CCCC)(CCCC)[Sn][c]1nn(C)c2c1CCC(C)(C)C2. The van der Waals surface area contributed by atoms with Gasteiger partial charge in [0.15, 0.2) is 0 Å². The van der Waals surface area contributed by atoms with Crippen LogP contribution in [-0.4, -0.2) is 30.9 Å². The van der Waals surface area contributed by atoms with Gasteiger partial charge in [0.25, 0.3) is 0 Å². The van der Waals surface area contributed by atoms with E-state index >= 15 is 0 Å². The number of rotatable bonds is 11. The Hall–Kier alpha value is 0.00870. The van der Waals surface area contributed by atoms with Crippen LogP contribution in [0.25, 0.3) is 0 Å². The Kier molecular flexibility index (Phi) is 8.56. The molecule has 1 aromatic heterocycles. The second-order valence-corrected chi connectivity index (χ2v) is 14.5. The summed E-state index contributed by atoms with van der Waals surface area (Å²) >= 11 is -0.700. The van der Waals surface area contributed by atoms with E-state index in [9.17, 15) is 0 Å². The Bertz CT molecular complexity index is 537. The Balaban J connectivity index is 2.29. The molecule has 0 N–H and O–H groups in total. The van der Waals surface area contributed by atoms with E-state index < -0.39 is 21.1 Å². The summed E-state index contributed by atoms with van der Waals surface area (Å²) in [6.45, 7) is 11.9. The van der Waals surface area contributed by atoms with E-state index in [0.717, 1.165) is 0 Å². The zero-order chi connectivity index (χ0) is 19.2. The van der Waals surface area contributed by atoms with Gasteiger partial charge in [-0.25, -0.2) is 0 Å². The minimum atomic E-state index is -0.700. The fourth-order valence-corrected chi connectivity index (χ4v) is 10.3. The molecule has 0 spiro atoms. The van der Waals surface area contributed by atoms with Gasteiger partial charge in [-0.05, 0) is 0 Å². The van der Waals surface area contributed by atoms with Crippen molar-refractivity contribution in [3.8, 4) is 0 Å². The van der Waals surface area contributed by atoms with E-state index in [2.05, 4.69) is 46.3 Å². The topological polar surface area (TPSA) is 17.8 Å². The first kappa shape index (κ1) is 22.3. The minimum absolute atomic E-state index is 0.451. The van der Waals surface area contributed by atoms with E-state index in [1.54, 1.807) is 15.0 Å². The number of hydrogen-bond donors (Lipinski definition) is 0. The summed E-state index contributed by atoms with van der Waals surface area (Å²) < 4.78 is 4.53. The first-order valence-corrected chi connectivity index (χ1v) is 14.0. The average molecular weight is 465 g/mol. The molecule has 0 bridgehead atoms. The normalized spacial score (nSPS) is 16.7. The van der Waals surface area contributed by atoms with Crippen molar-refractivity contribution in [3.63, 3.8) is 0 Å². The predicted molar refractivity (Wildman–Crippen MR) is 116 cm³/mol. The molecule has 0 saturated heterocycles. The molecular weight excluding hydrogens is 423 g/mol. The van der Waals surface area contributed by atoms with Gasteiger partial charge in [-0.3, -0.25) is 0 Å². The van der Waals surface area contributed by atoms with Gasteiger partial charge in [0.1, 0.15) is 0 Å². The zero-order valence-electron chi connectivity index (χ0n) is 18.4. The van der Waals surface area contributed by atoms with E-state index in [1.807, 2.05) is 0 Å². The molecule has 148 valence electrons. The molecule has 0 amide bonds. The number of aromatic nitrogens is 2. The van der Waals surface area contributed by atoms with Crippen LogP contribution in [0.3, 0.4) is 0 Å². The van der Waals surface area contributed by atoms with Gasteiger partial charge in [0.2, 0.25) is 0 Å². The number of nitrogens with zero attached hydrogens (tertiary/aromatic N) is 2. The zero-order valence-corrected chi connectivity index (χ0v) is 21.2. The predicted octanol–water partition coefficient (Wildman–Crippen LogP) is 5.99. The van der Waals surface area contributed by atoms with Crippen LogP contribution >= 0.6 is 0 Å². The molecule has 1 aromatic rings. The molecule has 3 heteroatoms. The van der Waals surface area contributed by atoms with E-state index in [-0.39, 0.29) is 0 Å². The molecule has 2 nitrogen and oxygen atoms in total. The summed E-state index contributed by atoms with van der Waals surface area (Å²) in [6, 6.07) is 0. The standard InChI is InChI=1S/C13H27.C10H15N2.Sn/c1-4-7-10-13(11-8-5-2)12-9-6-3;1-10(2)5-4-8-7-11-12(3)9(8)6-10;/h4-12H2,1-3H3;4-6H2,1-3H3;. The van der Waals surface area contributed by atoms with Crippen LogP contribution < -0.4 is 3.71 Å². The maximum absolute atomic E-state index is 5.16. The summed E-state index contributed by atoms with van der Waals surface area (Å²) in [7, 11) is 2.20. The first-order chi connectivity index (χ1) is 12.4. The van der Waals surface area contributed by atoms with Crippen LogP contribution in [0.2, 0.25) is 3.43 Å². The van der Waals surface area contributed by atoms with Gasteiger partial charge in [-0.15, -0.1) is 0 Å². The summed E-state index contributed by atoms with van der Waals surface area (Å²) in [5.74, 6) is 0. The van der Waals surface area contributed by atoms with Crippen molar-refractivity contribution in [3.05, 3.63) is 11.3 Å². The molecule has 0 fully saturated rings. The summed E-state index contributed by atoms with van der Waals surface area (Å²) in [4.78, 5) is 0. The van der Waals surface area contributed by atoms with Crippen LogP contribution in [0.15, 0.2) is 0 Å². The van der Waals surface area contributed by atoms with Gasteiger partial charge in [0.05, 0.1) is 0 Å². The number of hydrogen-bond acceptors (Lipinski definition) is 1. The number of aryl methyl sites for hydroxylation is 1. The Labute approximate surface area is 173 Å². The molecule has 26 heavy (non-hydrogen) atoms. The second-order valence-electron chi connectivity index (χ2n) is 9.45. The quantitative estimate of drug-likeness (QED) is 0.367. The van der Waals surface area contributed by atoms with Crippen molar-refractivity contribution in [2.75, 3.05) is 0 Å². The van der Waals surface area contributed by atoms with Crippen molar-refractivity contribution < 1.29 is 0 Å². The van der Waals surface area contributed by atoms with Crippen LogP contribution in [0.5, 0.6) is 0 Å². The summed E-state index contributed by atoms with van der Waals surface area (Å²) in [6.07, 6.45) is 16.5. The Morgan fingerprint density at radius 2 is 1.54 bits per heavy atom. The molecule has 0 aromatic carbocycles. The van der Waals surface area contributed by atoms with E-state index in [4.69, 9.17) is 5.10 Å². The van der Waals surface area contributed by atoms with Crippen LogP contribution in [0.4, 0.5) is 0 Å². The third kappa shape index (κ3) is 5.75. The van der Waals surface area contributed by atoms with Crippen molar-refractivity contribution in [2.45, 2.75) is 115 Å². The third-order valence-corrected chi connectivity index (χ3v) is 11.9. The summed E-state index contributed by atoms with van der Waals surface area (Å²) in [5, 5.41) is 5.16. The van der Waals surface area contributed by atoms with Crippen molar-refractivity contribution in [1.82, 2.24) is 9.78 Å². The molecule has 0 aliphatic heterocycles. The number of unbranched alkanes of at least 4 members (excludes halogenated alkanes) is 3. The molecule has 1 aliphatic rings. The molecule has 0 atom stereocenters. The molecule has 2 radical (unpaired) electrons. The Morgan fingerprint density at radius 3 is 2.04 bits per heavy atom. The van der Waals surface area contributed by atoms with Crippen molar-refractivity contribution in [1.29, 1.82) is 0 Å². The van der Waals surface area contributed by atoms with Crippen LogP contribution in [-0.2, 0) is 19.9 Å². The molecule has 1 aliphatic carbocycles. The molecule has 2 rings (SSSR count). The molecular formula is C23H42N2Sn. The summed E-state index contributed by atoms with van der Waals surface area (Å²) in [5.41, 5.74) is 3.70. The molecule has 0 saturated carbocycles.